The number of anilines is 1. The van der Waals surface area contributed by atoms with E-state index in [1.54, 1.807) is 11.1 Å². The topological polar surface area (TPSA) is 45.7 Å². The molecule has 2 heterocycles. The highest BCUT2D eigenvalue weighted by Gasteiger charge is 2.30. The predicted molar refractivity (Wildman–Crippen MR) is 102 cm³/mol. The van der Waals surface area contributed by atoms with E-state index in [9.17, 15) is 4.79 Å². The van der Waals surface area contributed by atoms with Crippen LogP contribution in [0.1, 0.15) is 71.9 Å². The van der Waals surface area contributed by atoms with Crippen LogP contribution in [0, 0.1) is 0 Å². The minimum absolute atomic E-state index is 0.326. The number of aromatic nitrogens is 1. The molecule has 1 saturated heterocycles. The molecule has 1 atom stereocenters. The molecule has 0 unspecified atom stereocenters. The summed E-state index contributed by atoms with van der Waals surface area (Å²) in [5, 5.41) is 0. The van der Waals surface area contributed by atoms with E-state index < -0.39 is 5.60 Å². The Kier molecular flexibility index (Phi) is 6.82. The first-order valence-electron chi connectivity index (χ1n) is 9.56. The molecule has 1 fully saturated rings. The summed E-state index contributed by atoms with van der Waals surface area (Å²) in [6.07, 6.45) is 6.15. The third kappa shape index (κ3) is 5.18. The zero-order chi connectivity index (χ0) is 18.4. The molecular formula is C20H33N3O2. The van der Waals surface area contributed by atoms with Gasteiger partial charge in [0.15, 0.2) is 0 Å². The third-order valence-corrected chi connectivity index (χ3v) is 4.49. The standard InChI is InChI=1S/C20H33N3O2/c1-6-14-22-15-9-8-12-17(22)16-11-10-13-21-18(16)23(7-2)19(24)25-20(3,4)5/h10-11,13,17H,6-9,12,14-15H2,1-5H3/t17-/m1/s1. The lowest BCUT2D eigenvalue weighted by Crippen LogP contribution is -2.39. The Hall–Kier alpha value is -1.62. The summed E-state index contributed by atoms with van der Waals surface area (Å²) in [6, 6.07) is 4.42. The minimum atomic E-state index is -0.515. The predicted octanol–water partition coefficient (Wildman–Crippen LogP) is 4.78. The normalized spacial score (nSPS) is 18.8. The van der Waals surface area contributed by atoms with Crippen molar-refractivity contribution < 1.29 is 9.53 Å². The van der Waals surface area contributed by atoms with Gasteiger partial charge >= 0.3 is 6.09 Å². The van der Waals surface area contributed by atoms with Gasteiger partial charge in [0.05, 0.1) is 0 Å². The number of carbonyl (C=O) groups excluding carboxylic acids is 1. The molecule has 0 spiro atoms. The van der Waals surface area contributed by atoms with Crippen LogP contribution < -0.4 is 4.90 Å². The molecule has 0 radical (unpaired) electrons. The van der Waals surface area contributed by atoms with Crippen molar-refractivity contribution in [3.8, 4) is 0 Å². The van der Waals surface area contributed by atoms with E-state index in [2.05, 4.69) is 22.9 Å². The first-order chi connectivity index (χ1) is 11.9. The summed E-state index contributed by atoms with van der Waals surface area (Å²) in [4.78, 5) is 21.5. The molecular weight excluding hydrogens is 314 g/mol. The number of hydrogen-bond donors (Lipinski definition) is 0. The largest absolute Gasteiger partial charge is 0.443 e. The van der Waals surface area contributed by atoms with Crippen LogP contribution in [0.5, 0.6) is 0 Å². The second kappa shape index (κ2) is 8.65. The molecule has 0 bridgehead atoms. The lowest BCUT2D eigenvalue weighted by Gasteiger charge is -2.37. The summed E-state index contributed by atoms with van der Waals surface area (Å²) >= 11 is 0. The van der Waals surface area contributed by atoms with Crippen LogP contribution in [0.3, 0.4) is 0 Å². The molecule has 1 amide bonds. The van der Waals surface area contributed by atoms with E-state index in [0.29, 0.717) is 12.6 Å². The van der Waals surface area contributed by atoms with E-state index in [1.165, 1.54) is 12.8 Å². The van der Waals surface area contributed by atoms with E-state index >= 15 is 0 Å². The molecule has 0 aromatic carbocycles. The van der Waals surface area contributed by atoms with Gasteiger partial charge < -0.3 is 4.74 Å². The zero-order valence-electron chi connectivity index (χ0n) is 16.4. The molecule has 1 aliphatic rings. The van der Waals surface area contributed by atoms with Crippen molar-refractivity contribution >= 4 is 11.9 Å². The molecule has 25 heavy (non-hydrogen) atoms. The fraction of sp³-hybridized carbons (Fsp3) is 0.700. The first kappa shape index (κ1) is 19.7. The van der Waals surface area contributed by atoms with Gasteiger partial charge in [0.25, 0.3) is 0 Å². The van der Waals surface area contributed by atoms with Crippen molar-refractivity contribution in [2.45, 2.75) is 71.9 Å². The highest BCUT2D eigenvalue weighted by Crippen LogP contribution is 2.35. The van der Waals surface area contributed by atoms with Crippen molar-refractivity contribution in [1.29, 1.82) is 0 Å². The van der Waals surface area contributed by atoms with E-state index in [4.69, 9.17) is 4.74 Å². The number of rotatable bonds is 5. The van der Waals surface area contributed by atoms with Crippen LogP contribution in [0.4, 0.5) is 10.6 Å². The molecule has 5 heteroatoms. The monoisotopic (exact) mass is 347 g/mol. The molecule has 0 saturated carbocycles. The number of hydrogen-bond acceptors (Lipinski definition) is 4. The number of ether oxygens (including phenoxy) is 1. The van der Waals surface area contributed by atoms with E-state index in [0.717, 1.165) is 37.3 Å². The molecule has 1 aromatic heterocycles. The number of pyridine rings is 1. The average Bonchev–Trinajstić information content (AvgIpc) is 2.55. The van der Waals surface area contributed by atoms with Crippen molar-refractivity contribution in [1.82, 2.24) is 9.88 Å². The van der Waals surface area contributed by atoms with E-state index in [1.807, 2.05) is 33.8 Å². The molecule has 5 nitrogen and oxygen atoms in total. The molecule has 0 N–H and O–H groups in total. The number of piperidine rings is 1. The third-order valence-electron chi connectivity index (χ3n) is 4.49. The molecule has 1 aliphatic heterocycles. The molecule has 1 aromatic rings. The maximum absolute atomic E-state index is 12.7. The van der Waals surface area contributed by atoms with Crippen molar-refractivity contribution in [2.75, 3.05) is 24.5 Å². The first-order valence-corrected chi connectivity index (χ1v) is 9.56. The van der Waals surface area contributed by atoms with Gasteiger partial charge in [-0.05, 0) is 66.1 Å². The highest BCUT2D eigenvalue weighted by molar-refractivity contribution is 5.87. The Morgan fingerprint density at radius 2 is 2.12 bits per heavy atom. The Balaban J connectivity index is 2.33. The summed E-state index contributed by atoms with van der Waals surface area (Å²) in [5.74, 6) is 0.743. The number of carbonyl (C=O) groups is 1. The summed E-state index contributed by atoms with van der Waals surface area (Å²) in [6.45, 7) is 12.6. The Morgan fingerprint density at radius 1 is 1.36 bits per heavy atom. The lowest BCUT2D eigenvalue weighted by atomic mass is 9.95. The van der Waals surface area contributed by atoms with Gasteiger partial charge in [-0.15, -0.1) is 0 Å². The summed E-state index contributed by atoms with van der Waals surface area (Å²) < 4.78 is 5.60. The van der Waals surface area contributed by atoms with Crippen molar-refractivity contribution in [3.63, 3.8) is 0 Å². The van der Waals surface area contributed by atoms with Crippen molar-refractivity contribution in [3.05, 3.63) is 23.9 Å². The van der Waals surface area contributed by atoms with Gasteiger partial charge in [0.2, 0.25) is 0 Å². The Morgan fingerprint density at radius 3 is 2.76 bits per heavy atom. The average molecular weight is 348 g/mol. The van der Waals surface area contributed by atoms with Gasteiger partial charge in [-0.2, -0.15) is 0 Å². The molecule has 2 rings (SSSR count). The van der Waals surface area contributed by atoms with Crippen molar-refractivity contribution in [2.24, 2.45) is 0 Å². The molecule has 0 aliphatic carbocycles. The minimum Gasteiger partial charge on any atom is -0.443 e. The van der Waals surface area contributed by atoms with Gasteiger partial charge in [-0.25, -0.2) is 9.78 Å². The highest BCUT2D eigenvalue weighted by atomic mass is 16.6. The van der Waals surface area contributed by atoms with Crippen LogP contribution >= 0.6 is 0 Å². The Bertz CT molecular complexity index is 566. The maximum atomic E-state index is 12.7. The van der Waals surface area contributed by atoms with E-state index in [-0.39, 0.29) is 6.09 Å². The SMILES string of the molecule is CCCN1CCCC[C@@H]1c1cccnc1N(CC)C(=O)OC(C)(C)C. The quantitative estimate of drug-likeness (QED) is 0.769. The Labute approximate surface area is 152 Å². The molecule has 140 valence electrons. The van der Waals surface area contributed by atoms with Gasteiger partial charge in [0.1, 0.15) is 11.4 Å². The van der Waals surface area contributed by atoms with Crippen LogP contribution in [0.2, 0.25) is 0 Å². The smallest absolute Gasteiger partial charge is 0.415 e. The zero-order valence-corrected chi connectivity index (χ0v) is 16.4. The van der Waals surface area contributed by atoms with Crippen LogP contribution in [-0.4, -0.2) is 41.2 Å². The van der Waals surface area contributed by atoms with Crippen LogP contribution in [0.15, 0.2) is 18.3 Å². The van der Waals surface area contributed by atoms with Gasteiger partial charge in [0, 0.05) is 24.3 Å². The summed E-state index contributed by atoms with van der Waals surface area (Å²) in [5.41, 5.74) is 0.627. The van der Waals surface area contributed by atoms with Gasteiger partial charge in [-0.3, -0.25) is 9.80 Å². The number of nitrogens with zero attached hydrogens (tertiary/aromatic N) is 3. The number of likely N-dealkylation sites (tertiary alicyclic amines) is 1. The summed E-state index contributed by atoms with van der Waals surface area (Å²) in [7, 11) is 0. The maximum Gasteiger partial charge on any atom is 0.415 e. The fourth-order valence-corrected chi connectivity index (χ4v) is 3.48. The second-order valence-electron chi connectivity index (χ2n) is 7.69. The second-order valence-corrected chi connectivity index (χ2v) is 7.69. The van der Waals surface area contributed by atoms with Crippen LogP contribution in [0.25, 0.3) is 0 Å². The lowest BCUT2D eigenvalue weighted by molar-refractivity contribution is 0.0580. The fourth-order valence-electron chi connectivity index (χ4n) is 3.48. The van der Waals surface area contributed by atoms with Gasteiger partial charge in [-0.1, -0.05) is 19.4 Å². The van der Waals surface area contributed by atoms with Crippen LogP contribution in [-0.2, 0) is 4.74 Å². The number of amides is 1.